The molecule has 6 heteroatoms. The van der Waals surface area contributed by atoms with Crippen molar-refractivity contribution in [3.05, 3.63) is 0 Å². The van der Waals surface area contributed by atoms with Crippen molar-refractivity contribution >= 4 is 11.9 Å². The van der Waals surface area contributed by atoms with Crippen LogP contribution >= 0.6 is 0 Å². The fourth-order valence-corrected chi connectivity index (χ4v) is 2.30. The predicted molar refractivity (Wildman–Crippen MR) is 61.3 cm³/mol. The zero-order valence-electron chi connectivity index (χ0n) is 10.8. The van der Waals surface area contributed by atoms with Gasteiger partial charge < -0.3 is 24.7 Å². The number of hydrogen-bond acceptors (Lipinski definition) is 5. The molecule has 0 aliphatic heterocycles. The van der Waals surface area contributed by atoms with E-state index in [-0.39, 0.29) is 12.5 Å². The van der Waals surface area contributed by atoms with Crippen LogP contribution in [0.1, 0.15) is 25.7 Å². The first-order chi connectivity index (χ1) is 8.60. The van der Waals surface area contributed by atoms with E-state index in [1.54, 1.807) is 0 Å². The van der Waals surface area contributed by atoms with Crippen LogP contribution in [0.15, 0.2) is 0 Å². The molecule has 1 rings (SSSR count). The van der Waals surface area contributed by atoms with Crippen molar-refractivity contribution < 1.29 is 24.2 Å². The molecule has 1 N–H and O–H groups in total. The van der Waals surface area contributed by atoms with E-state index in [1.807, 2.05) is 0 Å². The fourth-order valence-electron chi connectivity index (χ4n) is 2.30. The molecule has 104 valence electrons. The molecule has 0 radical (unpaired) electrons. The molecular formula is C12H20NO5-. The Labute approximate surface area is 107 Å². The summed E-state index contributed by atoms with van der Waals surface area (Å²) in [6, 6.07) is 0. The number of methoxy groups -OCH3 is 2. The smallest absolute Gasteiger partial charge is 0.223 e. The average molecular weight is 258 g/mol. The molecule has 1 amide bonds. The lowest BCUT2D eigenvalue weighted by Gasteiger charge is -2.31. The van der Waals surface area contributed by atoms with Gasteiger partial charge in [-0.25, -0.2) is 0 Å². The highest BCUT2D eigenvalue weighted by Crippen LogP contribution is 2.29. The molecule has 6 nitrogen and oxygen atoms in total. The number of ether oxygens (including phenoxy) is 2. The van der Waals surface area contributed by atoms with E-state index in [9.17, 15) is 14.7 Å². The van der Waals surface area contributed by atoms with E-state index in [2.05, 4.69) is 5.32 Å². The summed E-state index contributed by atoms with van der Waals surface area (Å²) in [5.41, 5.74) is 0. The van der Waals surface area contributed by atoms with Crippen molar-refractivity contribution in [2.75, 3.05) is 20.8 Å². The Bertz CT molecular complexity index is 290. The van der Waals surface area contributed by atoms with Gasteiger partial charge in [0.15, 0.2) is 6.29 Å². The zero-order valence-corrected chi connectivity index (χ0v) is 10.8. The summed E-state index contributed by atoms with van der Waals surface area (Å²) in [7, 11) is 2.95. The number of hydrogen-bond donors (Lipinski definition) is 1. The van der Waals surface area contributed by atoms with Crippen LogP contribution < -0.4 is 10.4 Å². The highest BCUT2D eigenvalue weighted by Gasteiger charge is 2.31. The van der Waals surface area contributed by atoms with Crippen LogP contribution in [0, 0.1) is 11.8 Å². The first-order valence-electron chi connectivity index (χ1n) is 6.14. The number of rotatable bonds is 6. The molecule has 0 aromatic heterocycles. The summed E-state index contributed by atoms with van der Waals surface area (Å²) in [5, 5.41) is 13.6. The van der Waals surface area contributed by atoms with Crippen LogP contribution in [0.2, 0.25) is 0 Å². The summed E-state index contributed by atoms with van der Waals surface area (Å²) < 4.78 is 9.89. The van der Waals surface area contributed by atoms with Crippen LogP contribution in [0.3, 0.4) is 0 Å². The monoisotopic (exact) mass is 258 g/mol. The van der Waals surface area contributed by atoms with Gasteiger partial charge in [0.25, 0.3) is 0 Å². The van der Waals surface area contributed by atoms with Crippen molar-refractivity contribution in [3.63, 3.8) is 0 Å². The van der Waals surface area contributed by atoms with Gasteiger partial charge in [0, 0.05) is 32.0 Å². The summed E-state index contributed by atoms with van der Waals surface area (Å²) in [5.74, 6) is -2.58. The first kappa shape index (κ1) is 14.9. The summed E-state index contributed by atoms with van der Waals surface area (Å²) in [6.07, 6.45) is 2.30. The van der Waals surface area contributed by atoms with Gasteiger partial charge >= 0.3 is 0 Å². The van der Waals surface area contributed by atoms with Crippen LogP contribution in [-0.4, -0.2) is 38.9 Å². The van der Waals surface area contributed by atoms with Crippen LogP contribution in [0.25, 0.3) is 0 Å². The zero-order chi connectivity index (χ0) is 13.5. The lowest BCUT2D eigenvalue weighted by atomic mass is 9.79. The fraction of sp³-hybridized carbons (Fsp3) is 0.833. The highest BCUT2D eigenvalue weighted by atomic mass is 16.7. The second-order valence-electron chi connectivity index (χ2n) is 4.46. The van der Waals surface area contributed by atoms with Crippen molar-refractivity contribution in [2.24, 2.45) is 11.8 Å². The third kappa shape index (κ3) is 3.96. The molecule has 1 saturated carbocycles. The SMILES string of the molecule is COC(CNC(=O)[C@@H]1CCCC[C@H]1C(=O)[O-])OC. The maximum absolute atomic E-state index is 11.9. The number of carboxylic acids is 1. The lowest BCUT2D eigenvalue weighted by molar-refractivity contribution is -0.314. The third-order valence-corrected chi connectivity index (χ3v) is 3.37. The molecule has 0 heterocycles. The van der Waals surface area contributed by atoms with Crippen molar-refractivity contribution in [3.8, 4) is 0 Å². The van der Waals surface area contributed by atoms with Crippen molar-refractivity contribution in [1.29, 1.82) is 0 Å². The number of amides is 1. The Balaban J connectivity index is 2.50. The Kier molecular flexibility index (Phi) is 6.07. The maximum atomic E-state index is 11.9. The molecule has 1 aliphatic rings. The highest BCUT2D eigenvalue weighted by molar-refractivity contribution is 5.84. The first-order valence-corrected chi connectivity index (χ1v) is 6.14. The van der Waals surface area contributed by atoms with Gasteiger partial charge in [-0.15, -0.1) is 0 Å². The Morgan fingerprint density at radius 1 is 1.22 bits per heavy atom. The molecule has 0 saturated heterocycles. The Hall–Kier alpha value is -1.14. The maximum Gasteiger partial charge on any atom is 0.223 e. The van der Waals surface area contributed by atoms with Gasteiger partial charge in [-0.2, -0.15) is 0 Å². The number of carbonyl (C=O) groups excluding carboxylic acids is 2. The predicted octanol–water partition coefficient (Wildman–Crippen LogP) is -0.722. The van der Waals surface area contributed by atoms with Gasteiger partial charge in [0.05, 0.1) is 6.54 Å². The Morgan fingerprint density at radius 3 is 2.28 bits per heavy atom. The molecular weight excluding hydrogens is 238 g/mol. The van der Waals surface area contributed by atoms with Crippen molar-refractivity contribution in [1.82, 2.24) is 5.32 Å². The van der Waals surface area contributed by atoms with E-state index in [0.717, 1.165) is 12.8 Å². The number of aliphatic carboxylic acids is 1. The summed E-state index contributed by atoms with van der Waals surface area (Å²) in [6.45, 7) is 0.210. The molecule has 0 bridgehead atoms. The van der Waals surface area contributed by atoms with Gasteiger partial charge in [-0.3, -0.25) is 4.79 Å². The minimum absolute atomic E-state index is 0.210. The largest absolute Gasteiger partial charge is 0.550 e. The van der Waals surface area contributed by atoms with E-state index in [4.69, 9.17) is 9.47 Å². The van der Waals surface area contributed by atoms with Crippen LogP contribution in [0.5, 0.6) is 0 Å². The van der Waals surface area contributed by atoms with Gasteiger partial charge in [-0.1, -0.05) is 12.8 Å². The topological polar surface area (TPSA) is 87.7 Å². The Morgan fingerprint density at radius 2 is 1.78 bits per heavy atom. The molecule has 18 heavy (non-hydrogen) atoms. The number of nitrogens with one attached hydrogen (secondary N) is 1. The van der Waals surface area contributed by atoms with E-state index in [0.29, 0.717) is 12.8 Å². The summed E-state index contributed by atoms with van der Waals surface area (Å²) >= 11 is 0. The quantitative estimate of drug-likeness (QED) is 0.635. The number of carbonyl (C=O) groups is 2. The van der Waals surface area contributed by atoms with Gasteiger partial charge in [0.2, 0.25) is 5.91 Å². The normalized spacial score (nSPS) is 23.9. The standard InChI is InChI=1S/C12H21NO5/c1-17-10(18-2)7-13-11(14)8-5-3-4-6-9(8)12(15)16/h8-10H,3-7H2,1-2H3,(H,13,14)(H,15,16)/p-1/t8-,9-/m1/s1. The van der Waals surface area contributed by atoms with Crippen molar-refractivity contribution in [2.45, 2.75) is 32.0 Å². The van der Waals surface area contributed by atoms with E-state index >= 15 is 0 Å². The molecule has 0 spiro atoms. The molecule has 2 atom stereocenters. The minimum Gasteiger partial charge on any atom is -0.550 e. The molecule has 0 unspecified atom stereocenters. The van der Waals surface area contributed by atoms with E-state index < -0.39 is 24.1 Å². The van der Waals surface area contributed by atoms with Crippen LogP contribution in [0.4, 0.5) is 0 Å². The third-order valence-electron chi connectivity index (χ3n) is 3.37. The second kappa shape index (κ2) is 7.33. The molecule has 1 fully saturated rings. The van der Waals surface area contributed by atoms with E-state index in [1.165, 1.54) is 14.2 Å². The molecule has 0 aromatic rings. The summed E-state index contributed by atoms with van der Waals surface area (Å²) in [4.78, 5) is 22.9. The second-order valence-corrected chi connectivity index (χ2v) is 4.46. The lowest BCUT2D eigenvalue weighted by Crippen LogP contribution is -2.46. The minimum atomic E-state index is -1.13. The average Bonchev–Trinajstić information content (AvgIpc) is 2.39. The van der Waals surface area contributed by atoms with Gasteiger partial charge in [0.1, 0.15) is 0 Å². The molecule has 1 aliphatic carbocycles. The van der Waals surface area contributed by atoms with Crippen LogP contribution in [-0.2, 0) is 19.1 Å². The van der Waals surface area contributed by atoms with Gasteiger partial charge in [-0.05, 0) is 12.8 Å². The number of carboxylic acid groups (broad SMARTS) is 1. The molecule has 0 aromatic carbocycles.